The van der Waals surface area contributed by atoms with Crippen molar-refractivity contribution in [3.8, 4) is 0 Å². The smallest absolute Gasteiger partial charge is 0.0287 e. The Hall–Kier alpha value is -1.67. The lowest BCUT2D eigenvalue weighted by molar-refractivity contribution is -0.0482. The van der Waals surface area contributed by atoms with E-state index in [0.717, 1.165) is 35.6 Å². The average Bonchev–Trinajstić information content (AvgIpc) is 3.16. The van der Waals surface area contributed by atoms with Gasteiger partial charge in [0.2, 0.25) is 0 Å². The highest BCUT2D eigenvalue weighted by atomic mass is 15.1. The first-order valence-electron chi connectivity index (χ1n) is 13.0. The topological polar surface area (TPSA) is 15.6 Å². The van der Waals surface area contributed by atoms with E-state index in [4.69, 9.17) is 0 Å². The second-order valence-corrected chi connectivity index (χ2v) is 11.6. The van der Waals surface area contributed by atoms with E-state index in [9.17, 15) is 0 Å². The van der Waals surface area contributed by atoms with Crippen LogP contribution >= 0.6 is 0 Å². The molecule has 0 amide bonds. The van der Waals surface area contributed by atoms with Crippen molar-refractivity contribution in [2.24, 2.45) is 40.0 Å². The van der Waals surface area contributed by atoms with Gasteiger partial charge in [0.1, 0.15) is 0 Å². The zero-order valence-electron chi connectivity index (χ0n) is 20.7. The summed E-state index contributed by atoms with van der Waals surface area (Å²) in [4.78, 5) is 6.71. The first-order chi connectivity index (χ1) is 15.5. The second kappa shape index (κ2) is 9.53. The molecule has 180 valence electrons. The molecule has 4 aliphatic rings. The zero-order chi connectivity index (χ0) is 22.5. The highest BCUT2D eigenvalue weighted by Crippen LogP contribution is 2.64. The molecule has 33 heavy (non-hydrogen) atoms. The Morgan fingerprint density at radius 1 is 1.03 bits per heavy atom. The molecule has 2 nitrogen and oxygen atoms in total. The molecule has 3 fully saturated rings. The van der Waals surface area contributed by atoms with Crippen LogP contribution in [0.4, 0.5) is 0 Å². The SMILES string of the molecule is C.C=Cc1cc(C2=CCC3C4CCC5CC(N(C)C)CCC5C4CCC23C)ccc1C=NC. The van der Waals surface area contributed by atoms with E-state index >= 15 is 0 Å². The predicted octanol–water partition coefficient (Wildman–Crippen LogP) is 7.59. The van der Waals surface area contributed by atoms with E-state index in [0.29, 0.717) is 5.41 Å². The standard InChI is InChI=1S/C30H42N2.CH4/c1-6-20-17-22(7-8-23(20)19-31-3)28-13-14-29-27-11-9-21-18-24(32(4)5)10-12-25(21)26(27)15-16-30(28,29)2;/h6-8,13,17,19,21,24-27,29H,1,9-12,14-16,18H2,2-5H3;1H4. The third kappa shape index (κ3) is 4.07. The van der Waals surface area contributed by atoms with Gasteiger partial charge in [-0.05, 0) is 129 Å². The summed E-state index contributed by atoms with van der Waals surface area (Å²) >= 11 is 0. The van der Waals surface area contributed by atoms with Crippen LogP contribution in [-0.2, 0) is 0 Å². The van der Waals surface area contributed by atoms with Gasteiger partial charge in [-0.3, -0.25) is 4.99 Å². The Labute approximate surface area is 203 Å². The number of allylic oxidation sites excluding steroid dienone is 2. The molecule has 2 heteroatoms. The van der Waals surface area contributed by atoms with Crippen LogP contribution in [0, 0.1) is 35.0 Å². The molecule has 0 aliphatic heterocycles. The molecule has 0 aromatic heterocycles. The third-order valence-corrected chi connectivity index (χ3v) is 10.1. The van der Waals surface area contributed by atoms with Gasteiger partial charge in [0.05, 0.1) is 0 Å². The van der Waals surface area contributed by atoms with E-state index < -0.39 is 0 Å². The summed E-state index contributed by atoms with van der Waals surface area (Å²) < 4.78 is 0. The summed E-state index contributed by atoms with van der Waals surface area (Å²) in [5, 5.41) is 0. The van der Waals surface area contributed by atoms with Crippen molar-refractivity contribution in [1.82, 2.24) is 4.90 Å². The lowest BCUT2D eigenvalue weighted by atomic mass is 9.49. The van der Waals surface area contributed by atoms with E-state index in [1.54, 1.807) is 5.57 Å². The molecule has 3 saturated carbocycles. The third-order valence-electron chi connectivity index (χ3n) is 10.1. The maximum absolute atomic E-state index is 4.22. The zero-order valence-corrected chi connectivity index (χ0v) is 20.7. The van der Waals surface area contributed by atoms with Crippen molar-refractivity contribution >= 4 is 17.9 Å². The molecule has 0 spiro atoms. The molecule has 0 saturated heterocycles. The molecule has 4 aliphatic carbocycles. The van der Waals surface area contributed by atoms with Crippen molar-refractivity contribution < 1.29 is 0 Å². The van der Waals surface area contributed by atoms with Crippen LogP contribution in [0.1, 0.15) is 82.4 Å². The Balaban J connectivity index is 0.00000259. The number of fused-ring (bicyclic) bond motifs is 5. The van der Waals surface area contributed by atoms with E-state index in [-0.39, 0.29) is 7.43 Å². The lowest BCUT2D eigenvalue weighted by Crippen LogP contribution is -2.49. The normalized spacial score (nSPS) is 37.7. The van der Waals surface area contributed by atoms with E-state index in [1.807, 2.05) is 19.3 Å². The molecular formula is C31H46N2. The molecular weight excluding hydrogens is 400 g/mol. The predicted molar refractivity (Wildman–Crippen MR) is 145 cm³/mol. The maximum atomic E-state index is 4.22. The molecule has 0 radical (unpaired) electrons. The summed E-state index contributed by atoms with van der Waals surface area (Å²) in [5.74, 6) is 4.74. The maximum Gasteiger partial charge on any atom is 0.0287 e. The van der Waals surface area contributed by atoms with Crippen LogP contribution in [0.3, 0.4) is 0 Å². The number of benzene rings is 1. The van der Waals surface area contributed by atoms with Crippen molar-refractivity contribution in [3.63, 3.8) is 0 Å². The minimum absolute atomic E-state index is 0. The van der Waals surface area contributed by atoms with E-state index in [2.05, 4.69) is 61.8 Å². The molecule has 0 heterocycles. The van der Waals surface area contributed by atoms with Gasteiger partial charge in [-0.25, -0.2) is 0 Å². The number of aliphatic imine (C=N–C) groups is 1. The molecule has 0 N–H and O–H groups in total. The first-order valence-corrected chi connectivity index (χ1v) is 13.0. The summed E-state index contributed by atoms with van der Waals surface area (Å²) in [6.07, 6.45) is 17.9. The van der Waals surface area contributed by atoms with Crippen LogP contribution < -0.4 is 0 Å². The first kappa shape index (κ1) is 24.5. The fourth-order valence-corrected chi connectivity index (χ4v) is 8.49. The van der Waals surface area contributed by atoms with Gasteiger partial charge >= 0.3 is 0 Å². The molecule has 1 aromatic carbocycles. The number of hydrogen-bond donors (Lipinski definition) is 0. The summed E-state index contributed by atoms with van der Waals surface area (Å²) in [7, 11) is 6.41. The van der Waals surface area contributed by atoms with Gasteiger partial charge in [0, 0.05) is 19.3 Å². The van der Waals surface area contributed by atoms with Gasteiger partial charge in [-0.15, -0.1) is 0 Å². The molecule has 5 rings (SSSR count). The molecule has 0 bridgehead atoms. The number of rotatable bonds is 4. The van der Waals surface area contributed by atoms with Crippen LogP contribution in [0.15, 0.2) is 35.8 Å². The average molecular weight is 447 g/mol. The summed E-state index contributed by atoms with van der Waals surface area (Å²) in [5.41, 5.74) is 5.74. The van der Waals surface area contributed by atoms with Crippen molar-refractivity contribution in [2.75, 3.05) is 21.1 Å². The van der Waals surface area contributed by atoms with Gasteiger partial charge in [-0.1, -0.05) is 45.2 Å². The highest BCUT2D eigenvalue weighted by molar-refractivity contribution is 5.87. The van der Waals surface area contributed by atoms with Crippen LogP contribution in [-0.4, -0.2) is 38.3 Å². The van der Waals surface area contributed by atoms with Crippen molar-refractivity contribution in [3.05, 3.63) is 47.5 Å². The Morgan fingerprint density at radius 3 is 2.55 bits per heavy atom. The van der Waals surface area contributed by atoms with Crippen molar-refractivity contribution in [2.45, 2.75) is 71.8 Å². The summed E-state index contributed by atoms with van der Waals surface area (Å²) in [6.45, 7) is 6.66. The quantitative estimate of drug-likeness (QED) is 0.435. The fourth-order valence-electron chi connectivity index (χ4n) is 8.49. The van der Waals surface area contributed by atoms with Gasteiger partial charge < -0.3 is 4.90 Å². The van der Waals surface area contributed by atoms with Gasteiger partial charge in [-0.2, -0.15) is 0 Å². The largest absolute Gasteiger partial charge is 0.306 e. The molecule has 1 aromatic rings. The molecule has 7 atom stereocenters. The number of hydrogen-bond acceptors (Lipinski definition) is 2. The Bertz CT molecular complexity index is 925. The fraction of sp³-hybridized carbons (Fsp3) is 0.645. The van der Waals surface area contributed by atoms with Crippen LogP contribution in [0.2, 0.25) is 0 Å². The van der Waals surface area contributed by atoms with Crippen LogP contribution in [0.5, 0.6) is 0 Å². The monoisotopic (exact) mass is 446 g/mol. The van der Waals surface area contributed by atoms with Crippen LogP contribution in [0.25, 0.3) is 11.6 Å². The van der Waals surface area contributed by atoms with Crippen molar-refractivity contribution in [1.29, 1.82) is 0 Å². The summed E-state index contributed by atoms with van der Waals surface area (Å²) in [6, 6.07) is 7.74. The van der Waals surface area contributed by atoms with Gasteiger partial charge in [0.25, 0.3) is 0 Å². The number of nitrogens with zero attached hydrogens (tertiary/aromatic N) is 2. The second-order valence-electron chi connectivity index (χ2n) is 11.6. The highest BCUT2D eigenvalue weighted by Gasteiger charge is 2.54. The van der Waals surface area contributed by atoms with Gasteiger partial charge in [0.15, 0.2) is 0 Å². The molecule has 7 unspecified atom stereocenters. The Kier molecular flexibility index (Phi) is 7.06. The van der Waals surface area contributed by atoms with E-state index in [1.165, 1.54) is 68.1 Å². The minimum Gasteiger partial charge on any atom is -0.306 e. The lowest BCUT2D eigenvalue weighted by Gasteiger charge is -2.56. The Morgan fingerprint density at radius 2 is 1.82 bits per heavy atom. The minimum atomic E-state index is 0.